The third-order valence-electron chi connectivity index (χ3n) is 4.60. The lowest BCUT2D eigenvalue weighted by Gasteiger charge is -2.09. The van der Waals surface area contributed by atoms with E-state index in [-0.39, 0.29) is 0 Å². The summed E-state index contributed by atoms with van der Waals surface area (Å²) < 4.78 is 17.3. The van der Waals surface area contributed by atoms with E-state index in [1.807, 2.05) is 6.07 Å². The summed E-state index contributed by atoms with van der Waals surface area (Å²) in [6.45, 7) is 5.25. The molecule has 2 aliphatic rings. The van der Waals surface area contributed by atoms with Crippen molar-refractivity contribution in [3.05, 3.63) is 47.4 Å². The van der Waals surface area contributed by atoms with Gasteiger partial charge in [-0.15, -0.1) is 0 Å². The maximum atomic E-state index is 5.92. The van der Waals surface area contributed by atoms with Crippen LogP contribution >= 0.6 is 0 Å². The van der Waals surface area contributed by atoms with E-state index in [9.17, 15) is 0 Å². The molecule has 2 aromatic rings. The molecule has 2 atom stereocenters. The Hall–Kier alpha value is -1.94. The van der Waals surface area contributed by atoms with Crippen LogP contribution in [0.5, 0.6) is 11.5 Å². The first-order valence-corrected chi connectivity index (χ1v) is 8.47. The molecule has 1 aliphatic carbocycles. The first-order chi connectivity index (χ1) is 11.3. The molecule has 1 saturated carbocycles. The van der Waals surface area contributed by atoms with Gasteiger partial charge in [-0.05, 0) is 42.2 Å². The molecule has 0 saturated heterocycles. The number of ether oxygens (including phenoxy) is 2. The third kappa shape index (κ3) is 3.37. The third-order valence-corrected chi connectivity index (χ3v) is 4.60. The molecule has 4 nitrogen and oxygen atoms in total. The summed E-state index contributed by atoms with van der Waals surface area (Å²) in [5, 5.41) is 3.43. The maximum Gasteiger partial charge on any atom is 0.161 e. The number of fused-ring (bicyclic) bond motifs is 1. The molecular formula is C19H23NO3. The Balaban J connectivity index is 1.32. The Bertz CT molecular complexity index is 679. The molecule has 4 heteroatoms. The second-order valence-corrected chi connectivity index (χ2v) is 6.56. The molecule has 23 heavy (non-hydrogen) atoms. The van der Waals surface area contributed by atoms with E-state index in [1.165, 1.54) is 12.0 Å². The van der Waals surface area contributed by atoms with Crippen molar-refractivity contribution in [2.45, 2.75) is 38.8 Å². The molecule has 2 unspecified atom stereocenters. The van der Waals surface area contributed by atoms with E-state index in [4.69, 9.17) is 13.9 Å². The average Bonchev–Trinajstić information content (AvgIpc) is 3.18. The second-order valence-electron chi connectivity index (χ2n) is 6.56. The van der Waals surface area contributed by atoms with Gasteiger partial charge in [-0.25, -0.2) is 0 Å². The monoisotopic (exact) mass is 313 g/mol. The highest BCUT2D eigenvalue weighted by molar-refractivity contribution is 5.43. The maximum absolute atomic E-state index is 5.92. The zero-order chi connectivity index (χ0) is 15.6. The van der Waals surface area contributed by atoms with E-state index in [0.717, 1.165) is 61.7 Å². The Labute approximate surface area is 136 Å². The Morgan fingerprint density at radius 3 is 2.70 bits per heavy atom. The van der Waals surface area contributed by atoms with Crippen molar-refractivity contribution in [3.8, 4) is 11.5 Å². The highest BCUT2D eigenvalue weighted by Gasteiger charge is 2.36. The van der Waals surface area contributed by atoms with E-state index in [1.54, 1.807) is 0 Å². The number of benzene rings is 1. The van der Waals surface area contributed by atoms with Crippen LogP contribution in [0, 0.1) is 5.92 Å². The predicted octanol–water partition coefficient (Wildman–Crippen LogP) is 3.85. The van der Waals surface area contributed by atoms with Crippen LogP contribution in [0.15, 0.2) is 34.7 Å². The second kappa shape index (κ2) is 6.28. The molecule has 0 radical (unpaired) electrons. The van der Waals surface area contributed by atoms with E-state index in [0.29, 0.717) is 5.92 Å². The summed E-state index contributed by atoms with van der Waals surface area (Å²) in [5.74, 6) is 5.28. The number of hydrogen-bond donors (Lipinski definition) is 1. The summed E-state index contributed by atoms with van der Waals surface area (Å²) in [6.07, 6.45) is 2.19. The SMILES string of the molecule is CC1CC1c1ccc(CNCc2ccc3c(c2)OCCCO3)o1. The van der Waals surface area contributed by atoms with Crippen molar-refractivity contribution in [1.29, 1.82) is 0 Å². The van der Waals surface area contributed by atoms with Gasteiger partial charge in [0.15, 0.2) is 11.5 Å². The van der Waals surface area contributed by atoms with Crippen molar-refractivity contribution in [1.82, 2.24) is 5.32 Å². The summed E-state index contributed by atoms with van der Waals surface area (Å²) >= 11 is 0. The molecule has 1 aliphatic heterocycles. The molecule has 0 spiro atoms. The van der Waals surface area contributed by atoms with Crippen LogP contribution in [-0.2, 0) is 13.1 Å². The molecule has 1 fully saturated rings. The summed E-state index contributed by atoms with van der Waals surface area (Å²) in [5.41, 5.74) is 1.19. The zero-order valence-electron chi connectivity index (χ0n) is 13.5. The van der Waals surface area contributed by atoms with Crippen LogP contribution in [0.3, 0.4) is 0 Å². The van der Waals surface area contributed by atoms with Gasteiger partial charge < -0.3 is 19.2 Å². The van der Waals surface area contributed by atoms with Crippen LogP contribution in [-0.4, -0.2) is 13.2 Å². The van der Waals surface area contributed by atoms with Crippen molar-refractivity contribution in [2.24, 2.45) is 5.92 Å². The normalized spacial score (nSPS) is 22.7. The number of furan rings is 1. The molecule has 2 heterocycles. The molecule has 1 aromatic carbocycles. The molecule has 0 amide bonds. The summed E-state index contributed by atoms with van der Waals surface area (Å²) in [6, 6.07) is 10.4. The van der Waals surface area contributed by atoms with Crippen LogP contribution in [0.2, 0.25) is 0 Å². The first kappa shape index (κ1) is 14.6. The van der Waals surface area contributed by atoms with Crippen LogP contribution in [0.4, 0.5) is 0 Å². The first-order valence-electron chi connectivity index (χ1n) is 8.47. The molecule has 1 aromatic heterocycles. The van der Waals surface area contributed by atoms with Gasteiger partial charge in [0.2, 0.25) is 0 Å². The van der Waals surface area contributed by atoms with Crippen molar-refractivity contribution >= 4 is 0 Å². The van der Waals surface area contributed by atoms with Gasteiger partial charge in [0, 0.05) is 18.9 Å². The fourth-order valence-corrected chi connectivity index (χ4v) is 3.06. The van der Waals surface area contributed by atoms with Gasteiger partial charge in [0.1, 0.15) is 11.5 Å². The lowest BCUT2D eigenvalue weighted by molar-refractivity contribution is 0.297. The van der Waals surface area contributed by atoms with Gasteiger partial charge in [-0.1, -0.05) is 13.0 Å². The number of nitrogens with one attached hydrogen (secondary N) is 1. The van der Waals surface area contributed by atoms with Crippen molar-refractivity contribution in [2.75, 3.05) is 13.2 Å². The minimum absolute atomic E-state index is 0.644. The van der Waals surface area contributed by atoms with Crippen molar-refractivity contribution < 1.29 is 13.9 Å². The predicted molar refractivity (Wildman–Crippen MR) is 87.8 cm³/mol. The Kier molecular flexibility index (Phi) is 4.00. The minimum Gasteiger partial charge on any atom is -0.490 e. The van der Waals surface area contributed by atoms with E-state index in [2.05, 4.69) is 36.5 Å². The topological polar surface area (TPSA) is 43.6 Å². The zero-order valence-corrected chi connectivity index (χ0v) is 13.5. The summed E-state index contributed by atoms with van der Waals surface area (Å²) in [7, 11) is 0. The quantitative estimate of drug-likeness (QED) is 0.910. The van der Waals surface area contributed by atoms with Gasteiger partial charge in [-0.3, -0.25) is 0 Å². The fourth-order valence-electron chi connectivity index (χ4n) is 3.06. The highest BCUT2D eigenvalue weighted by Crippen LogP contribution is 2.47. The van der Waals surface area contributed by atoms with E-state index < -0.39 is 0 Å². The molecule has 1 N–H and O–H groups in total. The van der Waals surface area contributed by atoms with Crippen molar-refractivity contribution in [3.63, 3.8) is 0 Å². The fraction of sp³-hybridized carbons (Fsp3) is 0.474. The van der Waals surface area contributed by atoms with Gasteiger partial charge in [0.25, 0.3) is 0 Å². The van der Waals surface area contributed by atoms with Crippen LogP contribution < -0.4 is 14.8 Å². The van der Waals surface area contributed by atoms with E-state index >= 15 is 0 Å². The largest absolute Gasteiger partial charge is 0.490 e. The highest BCUT2D eigenvalue weighted by atomic mass is 16.5. The number of hydrogen-bond acceptors (Lipinski definition) is 4. The summed E-state index contributed by atoms with van der Waals surface area (Å²) in [4.78, 5) is 0. The van der Waals surface area contributed by atoms with Crippen LogP contribution in [0.1, 0.15) is 42.8 Å². The van der Waals surface area contributed by atoms with Gasteiger partial charge in [-0.2, -0.15) is 0 Å². The van der Waals surface area contributed by atoms with Gasteiger partial charge >= 0.3 is 0 Å². The standard InChI is InChI=1S/C19H23NO3/c1-13-9-16(13)17-6-4-15(23-17)12-20-11-14-3-5-18-19(10-14)22-8-2-7-21-18/h3-6,10,13,16,20H,2,7-9,11-12H2,1H3. The molecule has 122 valence electrons. The Morgan fingerprint density at radius 2 is 1.87 bits per heavy atom. The Morgan fingerprint density at radius 1 is 1.04 bits per heavy atom. The molecular weight excluding hydrogens is 290 g/mol. The lowest BCUT2D eigenvalue weighted by atomic mass is 10.2. The molecule has 0 bridgehead atoms. The number of rotatable bonds is 5. The lowest BCUT2D eigenvalue weighted by Crippen LogP contribution is -2.12. The smallest absolute Gasteiger partial charge is 0.161 e. The van der Waals surface area contributed by atoms with Gasteiger partial charge in [0.05, 0.1) is 19.8 Å². The van der Waals surface area contributed by atoms with Crippen LogP contribution in [0.25, 0.3) is 0 Å². The average molecular weight is 313 g/mol. The molecule has 4 rings (SSSR count). The minimum atomic E-state index is 0.644.